The molecule has 1 aliphatic carbocycles. The van der Waals surface area contributed by atoms with Crippen molar-refractivity contribution in [3.63, 3.8) is 0 Å². The van der Waals surface area contributed by atoms with Gasteiger partial charge in [0.25, 0.3) is 0 Å². The first-order valence-corrected chi connectivity index (χ1v) is 11.0. The molecule has 2 heterocycles. The lowest BCUT2D eigenvalue weighted by Crippen LogP contribution is -2.15. The lowest BCUT2D eigenvalue weighted by molar-refractivity contribution is 0.666. The molecule has 0 aliphatic heterocycles. The summed E-state index contributed by atoms with van der Waals surface area (Å²) in [6.45, 7) is 4.71. The van der Waals surface area contributed by atoms with E-state index in [4.69, 9.17) is 0 Å². The molecule has 32 heavy (non-hydrogen) atoms. The second-order valence-electron chi connectivity index (χ2n) is 9.12. The highest BCUT2D eigenvalue weighted by Gasteiger charge is 2.37. The van der Waals surface area contributed by atoms with E-state index < -0.39 is 0 Å². The van der Waals surface area contributed by atoms with Gasteiger partial charge in [0.1, 0.15) is 0 Å². The number of para-hydroxylation sites is 1. The normalized spacial score (nSPS) is 14.2. The molecule has 0 atom stereocenters. The first-order valence-electron chi connectivity index (χ1n) is 11.0. The summed E-state index contributed by atoms with van der Waals surface area (Å²) in [4.78, 5) is 9.17. The maximum atomic E-state index is 4.59. The number of rotatable bonds is 1. The largest absolute Gasteiger partial charge is 0.278 e. The van der Waals surface area contributed by atoms with Gasteiger partial charge in [0.15, 0.2) is 0 Å². The third-order valence-electron chi connectivity index (χ3n) is 7.09. The van der Waals surface area contributed by atoms with Crippen LogP contribution in [-0.4, -0.2) is 14.5 Å². The Bertz CT molecular complexity index is 1690. The van der Waals surface area contributed by atoms with Crippen LogP contribution < -0.4 is 0 Å². The minimum Gasteiger partial charge on any atom is -0.278 e. The molecule has 7 rings (SSSR count). The van der Waals surface area contributed by atoms with Crippen LogP contribution in [0.4, 0.5) is 0 Å². The maximum Gasteiger partial charge on any atom is 0.234 e. The van der Waals surface area contributed by atoms with Crippen LogP contribution in [0.5, 0.6) is 0 Å². The number of aromatic nitrogens is 3. The van der Waals surface area contributed by atoms with Crippen LogP contribution in [0, 0.1) is 0 Å². The lowest BCUT2D eigenvalue weighted by Gasteiger charge is -2.23. The van der Waals surface area contributed by atoms with Gasteiger partial charge in [0.2, 0.25) is 5.95 Å². The van der Waals surface area contributed by atoms with Crippen molar-refractivity contribution in [3.05, 3.63) is 102 Å². The Balaban J connectivity index is 1.73. The molecule has 6 aromatic rings. The summed E-state index contributed by atoms with van der Waals surface area (Å²) >= 11 is 0. The summed E-state index contributed by atoms with van der Waals surface area (Å²) < 4.78 is 2.19. The standard InChI is InChI=1S/C29H21N3/c1-29(2)22-10-5-3-8-19(22)20-14-12-18-13-15-24-26(25(18)27(20)29)21-9-4-6-11-23(21)32(24)28-30-16-7-17-31-28/h3-17H,1-2H3. The van der Waals surface area contributed by atoms with Crippen molar-refractivity contribution in [1.82, 2.24) is 14.5 Å². The molecule has 0 amide bonds. The number of nitrogens with zero attached hydrogens (tertiary/aromatic N) is 3. The van der Waals surface area contributed by atoms with Crippen LogP contribution in [0.2, 0.25) is 0 Å². The minimum atomic E-state index is -0.0772. The summed E-state index contributed by atoms with van der Waals surface area (Å²) in [5, 5.41) is 5.13. The molecule has 0 spiro atoms. The summed E-state index contributed by atoms with van der Waals surface area (Å²) in [6.07, 6.45) is 3.61. The van der Waals surface area contributed by atoms with E-state index in [9.17, 15) is 0 Å². The van der Waals surface area contributed by atoms with Crippen molar-refractivity contribution in [2.45, 2.75) is 19.3 Å². The Kier molecular flexibility index (Phi) is 3.34. The fourth-order valence-corrected chi connectivity index (χ4v) is 5.77. The minimum absolute atomic E-state index is 0.0772. The molecule has 4 aromatic carbocycles. The SMILES string of the molecule is CC1(C)c2ccccc2-c2ccc3ccc4c(c5ccccc5n4-c4ncccn4)c3c21. The topological polar surface area (TPSA) is 30.7 Å². The van der Waals surface area contributed by atoms with E-state index in [1.165, 1.54) is 43.8 Å². The highest BCUT2D eigenvalue weighted by molar-refractivity contribution is 6.23. The van der Waals surface area contributed by atoms with Crippen LogP contribution in [0.3, 0.4) is 0 Å². The fourth-order valence-electron chi connectivity index (χ4n) is 5.77. The second kappa shape index (κ2) is 6.04. The molecule has 1 aliphatic rings. The Hall–Kier alpha value is -3.98. The summed E-state index contributed by atoms with van der Waals surface area (Å²) in [5.74, 6) is 0.702. The number of hydrogen-bond donors (Lipinski definition) is 0. The second-order valence-corrected chi connectivity index (χ2v) is 9.12. The predicted molar refractivity (Wildman–Crippen MR) is 131 cm³/mol. The Labute approximate surface area is 186 Å². The fraction of sp³-hybridized carbons (Fsp3) is 0.103. The van der Waals surface area contributed by atoms with Crippen molar-refractivity contribution in [2.75, 3.05) is 0 Å². The zero-order valence-corrected chi connectivity index (χ0v) is 18.0. The van der Waals surface area contributed by atoms with E-state index in [2.05, 4.69) is 101 Å². The lowest BCUT2D eigenvalue weighted by atomic mass is 9.79. The van der Waals surface area contributed by atoms with E-state index in [-0.39, 0.29) is 5.41 Å². The van der Waals surface area contributed by atoms with Crippen LogP contribution >= 0.6 is 0 Å². The molecule has 0 saturated heterocycles. The summed E-state index contributed by atoms with van der Waals surface area (Å²) in [7, 11) is 0. The summed E-state index contributed by atoms with van der Waals surface area (Å²) in [6, 6.07) is 28.4. The van der Waals surface area contributed by atoms with E-state index in [1.54, 1.807) is 12.4 Å². The van der Waals surface area contributed by atoms with Crippen LogP contribution in [0.15, 0.2) is 91.3 Å². The highest BCUT2D eigenvalue weighted by atomic mass is 15.1. The maximum absolute atomic E-state index is 4.59. The van der Waals surface area contributed by atoms with Crippen LogP contribution in [0.25, 0.3) is 49.7 Å². The van der Waals surface area contributed by atoms with Gasteiger partial charge in [-0.15, -0.1) is 0 Å². The molecule has 2 aromatic heterocycles. The molecule has 0 saturated carbocycles. The van der Waals surface area contributed by atoms with Gasteiger partial charge in [-0.2, -0.15) is 0 Å². The van der Waals surface area contributed by atoms with Crippen LogP contribution in [-0.2, 0) is 5.41 Å². The Morgan fingerprint density at radius 2 is 1.41 bits per heavy atom. The molecule has 0 bridgehead atoms. The molecule has 152 valence electrons. The van der Waals surface area contributed by atoms with Gasteiger partial charge < -0.3 is 0 Å². The molecule has 0 N–H and O–H groups in total. The molecule has 0 unspecified atom stereocenters. The Morgan fingerprint density at radius 1 is 0.656 bits per heavy atom. The van der Waals surface area contributed by atoms with E-state index >= 15 is 0 Å². The molecular weight excluding hydrogens is 390 g/mol. The van der Waals surface area contributed by atoms with E-state index in [0.29, 0.717) is 5.95 Å². The van der Waals surface area contributed by atoms with Gasteiger partial charge >= 0.3 is 0 Å². The third kappa shape index (κ3) is 2.10. The molecule has 0 fully saturated rings. The zero-order chi connectivity index (χ0) is 21.4. The smallest absolute Gasteiger partial charge is 0.234 e. The quantitative estimate of drug-likeness (QED) is 0.291. The van der Waals surface area contributed by atoms with Gasteiger partial charge in [-0.05, 0) is 51.2 Å². The number of benzene rings is 4. The average molecular weight is 412 g/mol. The zero-order valence-electron chi connectivity index (χ0n) is 18.0. The van der Waals surface area contributed by atoms with Gasteiger partial charge in [0, 0.05) is 28.6 Å². The predicted octanol–water partition coefficient (Wildman–Crippen LogP) is 7.03. The molecule has 3 heteroatoms. The first kappa shape index (κ1) is 17.7. The number of hydrogen-bond acceptors (Lipinski definition) is 2. The first-order chi connectivity index (χ1) is 15.7. The molecular formula is C29H21N3. The third-order valence-corrected chi connectivity index (χ3v) is 7.09. The van der Waals surface area contributed by atoms with Gasteiger partial charge in [-0.3, -0.25) is 4.57 Å². The van der Waals surface area contributed by atoms with Gasteiger partial charge in [-0.25, -0.2) is 9.97 Å². The van der Waals surface area contributed by atoms with Crippen molar-refractivity contribution in [1.29, 1.82) is 0 Å². The van der Waals surface area contributed by atoms with Gasteiger partial charge in [-0.1, -0.05) is 74.5 Å². The highest BCUT2D eigenvalue weighted by Crippen LogP contribution is 2.53. The Morgan fingerprint density at radius 3 is 2.28 bits per heavy atom. The average Bonchev–Trinajstić information content (AvgIpc) is 3.29. The van der Waals surface area contributed by atoms with E-state index in [0.717, 1.165) is 11.0 Å². The van der Waals surface area contributed by atoms with Crippen molar-refractivity contribution in [3.8, 4) is 17.1 Å². The van der Waals surface area contributed by atoms with Crippen molar-refractivity contribution < 1.29 is 0 Å². The molecule has 0 radical (unpaired) electrons. The van der Waals surface area contributed by atoms with Crippen molar-refractivity contribution in [2.24, 2.45) is 0 Å². The monoisotopic (exact) mass is 411 g/mol. The summed E-state index contributed by atoms with van der Waals surface area (Å²) in [5.41, 5.74) is 7.71. The van der Waals surface area contributed by atoms with Crippen molar-refractivity contribution >= 4 is 32.6 Å². The van der Waals surface area contributed by atoms with E-state index in [1.807, 2.05) is 6.07 Å². The van der Waals surface area contributed by atoms with Crippen LogP contribution in [0.1, 0.15) is 25.0 Å². The molecule has 3 nitrogen and oxygen atoms in total. The number of fused-ring (bicyclic) bond motifs is 9. The van der Waals surface area contributed by atoms with Gasteiger partial charge in [0.05, 0.1) is 11.0 Å².